The lowest BCUT2D eigenvalue weighted by molar-refractivity contribution is 0.0961. The maximum absolute atomic E-state index is 13.1. The molecule has 0 bridgehead atoms. The van der Waals surface area contributed by atoms with E-state index in [2.05, 4.69) is 15.3 Å². The molecule has 7 nitrogen and oxygen atoms in total. The summed E-state index contributed by atoms with van der Waals surface area (Å²) in [6.07, 6.45) is 5.00. The number of amides is 2. The number of carbonyl (C=O) groups is 2. The van der Waals surface area contributed by atoms with Gasteiger partial charge in [-0.15, -0.1) is 0 Å². The van der Waals surface area contributed by atoms with Gasteiger partial charge in [0.05, 0.1) is 24.3 Å². The molecule has 0 aliphatic carbocycles. The number of imidazole rings is 1. The van der Waals surface area contributed by atoms with E-state index in [1.165, 1.54) is 29.2 Å². The van der Waals surface area contributed by atoms with Crippen molar-refractivity contribution in [1.29, 1.82) is 0 Å². The first-order valence-corrected chi connectivity index (χ1v) is 9.17. The predicted molar refractivity (Wildman–Crippen MR) is 111 cm³/mol. The second kappa shape index (κ2) is 7.75. The van der Waals surface area contributed by atoms with Gasteiger partial charge in [-0.2, -0.15) is 0 Å². The molecule has 0 unspecified atom stereocenters. The molecule has 0 saturated carbocycles. The number of nitrogens with one attached hydrogen (secondary N) is 1. The first kappa shape index (κ1) is 19.3. The maximum atomic E-state index is 13.1. The number of carbonyl (C=O) groups excluding carboxylic acids is 2. The van der Waals surface area contributed by atoms with Gasteiger partial charge in [0.1, 0.15) is 5.82 Å². The van der Waals surface area contributed by atoms with Crippen LogP contribution in [0.5, 0.6) is 0 Å². The van der Waals surface area contributed by atoms with Crippen LogP contribution in [0.3, 0.4) is 0 Å². The lowest BCUT2D eigenvalue weighted by atomic mass is 10.1. The molecule has 2 aromatic carbocycles. The molecule has 0 spiro atoms. The van der Waals surface area contributed by atoms with Gasteiger partial charge in [-0.1, -0.05) is 12.1 Å². The highest BCUT2D eigenvalue weighted by Crippen LogP contribution is 2.23. The van der Waals surface area contributed by atoms with E-state index in [1.807, 2.05) is 16.5 Å². The molecule has 1 N–H and O–H groups in total. The summed E-state index contributed by atoms with van der Waals surface area (Å²) in [6.45, 7) is 0. The molecule has 8 heteroatoms. The Balaban J connectivity index is 1.68. The minimum atomic E-state index is -0.403. The number of anilines is 1. The summed E-state index contributed by atoms with van der Waals surface area (Å²) < 4.78 is 15.0. The minimum Gasteiger partial charge on any atom is -0.355 e. The van der Waals surface area contributed by atoms with Crippen LogP contribution in [0, 0.1) is 5.82 Å². The van der Waals surface area contributed by atoms with Crippen molar-refractivity contribution in [2.24, 2.45) is 0 Å². The molecule has 2 aromatic heterocycles. The fourth-order valence-corrected chi connectivity index (χ4v) is 3.09. The van der Waals surface area contributed by atoms with Crippen LogP contribution < -0.4 is 10.2 Å². The Morgan fingerprint density at radius 2 is 1.63 bits per heavy atom. The summed E-state index contributed by atoms with van der Waals surface area (Å²) in [5, 5.41) is 2.59. The molecular weight excluding hydrogens is 385 g/mol. The molecule has 4 aromatic rings. The van der Waals surface area contributed by atoms with Crippen LogP contribution in [0.25, 0.3) is 16.9 Å². The standard InChI is InChI=1S/C22H18FN5O2/c1-24-21(29)15-5-3-14(4-6-15)18-11-25-19-12-26-20(13-28(18)19)27(2)22(30)16-7-9-17(23)10-8-16/h3-13H,1-2H3,(H,24,29). The lowest BCUT2D eigenvalue weighted by Gasteiger charge is -2.16. The first-order chi connectivity index (χ1) is 14.5. The first-order valence-electron chi connectivity index (χ1n) is 9.17. The summed E-state index contributed by atoms with van der Waals surface area (Å²) in [5.74, 6) is -0.456. The zero-order chi connectivity index (χ0) is 21.3. The fourth-order valence-electron chi connectivity index (χ4n) is 3.09. The van der Waals surface area contributed by atoms with Crippen molar-refractivity contribution in [2.45, 2.75) is 0 Å². The van der Waals surface area contributed by atoms with Crippen molar-refractivity contribution in [3.8, 4) is 11.3 Å². The molecule has 0 fully saturated rings. The number of hydrogen-bond donors (Lipinski definition) is 1. The van der Waals surface area contributed by atoms with Gasteiger partial charge in [-0.25, -0.2) is 14.4 Å². The number of rotatable bonds is 4. The van der Waals surface area contributed by atoms with Crippen molar-refractivity contribution in [3.63, 3.8) is 0 Å². The van der Waals surface area contributed by atoms with Crippen LogP contribution in [0.2, 0.25) is 0 Å². The Kier molecular flexibility index (Phi) is 4.97. The summed E-state index contributed by atoms with van der Waals surface area (Å²) in [7, 11) is 3.19. The Labute approximate surface area is 171 Å². The van der Waals surface area contributed by atoms with Crippen LogP contribution in [0.15, 0.2) is 67.1 Å². The van der Waals surface area contributed by atoms with Gasteiger partial charge in [0.15, 0.2) is 11.5 Å². The number of fused-ring (bicyclic) bond motifs is 1. The summed E-state index contributed by atoms with van der Waals surface area (Å²) >= 11 is 0. The van der Waals surface area contributed by atoms with Gasteiger partial charge >= 0.3 is 0 Å². The molecular formula is C22H18FN5O2. The third-order valence-corrected chi connectivity index (χ3v) is 4.79. The van der Waals surface area contributed by atoms with Crippen molar-refractivity contribution >= 4 is 23.3 Å². The second-order valence-corrected chi connectivity index (χ2v) is 6.64. The molecule has 30 heavy (non-hydrogen) atoms. The minimum absolute atomic E-state index is 0.160. The summed E-state index contributed by atoms with van der Waals surface area (Å²) in [5.41, 5.74) is 3.19. The van der Waals surface area contributed by atoms with Gasteiger partial charge in [0.2, 0.25) is 0 Å². The number of aromatic nitrogens is 3. The average molecular weight is 403 g/mol. The number of halogens is 1. The molecule has 0 radical (unpaired) electrons. The molecule has 4 rings (SSSR count). The van der Waals surface area contributed by atoms with Crippen LogP contribution in [-0.4, -0.2) is 40.3 Å². The third-order valence-electron chi connectivity index (χ3n) is 4.79. The number of benzene rings is 2. The lowest BCUT2D eigenvalue weighted by Crippen LogP contribution is -2.27. The summed E-state index contributed by atoms with van der Waals surface area (Å²) in [6, 6.07) is 12.5. The quantitative estimate of drug-likeness (QED) is 0.568. The average Bonchev–Trinajstić information content (AvgIpc) is 3.21. The van der Waals surface area contributed by atoms with E-state index in [0.29, 0.717) is 22.6 Å². The molecule has 2 heterocycles. The molecule has 150 valence electrons. The molecule has 0 atom stereocenters. The Hall–Kier alpha value is -4.07. The van der Waals surface area contributed by atoms with Gasteiger partial charge in [-0.3, -0.25) is 18.9 Å². The van der Waals surface area contributed by atoms with Crippen LogP contribution in [0.1, 0.15) is 20.7 Å². The van der Waals surface area contributed by atoms with E-state index >= 15 is 0 Å². The molecule has 2 amide bonds. The zero-order valence-electron chi connectivity index (χ0n) is 16.3. The van der Waals surface area contributed by atoms with E-state index < -0.39 is 5.82 Å². The van der Waals surface area contributed by atoms with E-state index in [0.717, 1.165) is 11.3 Å². The van der Waals surface area contributed by atoms with Crippen LogP contribution in [0.4, 0.5) is 10.2 Å². The highest BCUT2D eigenvalue weighted by Gasteiger charge is 2.16. The Morgan fingerprint density at radius 1 is 0.967 bits per heavy atom. The Morgan fingerprint density at radius 3 is 2.30 bits per heavy atom. The maximum Gasteiger partial charge on any atom is 0.259 e. The van der Waals surface area contributed by atoms with E-state index in [1.54, 1.807) is 44.8 Å². The third kappa shape index (κ3) is 3.50. The normalized spacial score (nSPS) is 10.8. The van der Waals surface area contributed by atoms with E-state index in [9.17, 15) is 14.0 Å². The van der Waals surface area contributed by atoms with Crippen LogP contribution in [-0.2, 0) is 0 Å². The van der Waals surface area contributed by atoms with E-state index in [-0.39, 0.29) is 11.8 Å². The van der Waals surface area contributed by atoms with Gasteiger partial charge < -0.3 is 5.32 Å². The SMILES string of the molecule is CNC(=O)c1ccc(-c2cnc3cnc(N(C)C(=O)c4ccc(F)cc4)cn23)cc1. The van der Waals surface area contributed by atoms with Gasteiger partial charge in [0.25, 0.3) is 11.8 Å². The van der Waals surface area contributed by atoms with E-state index in [4.69, 9.17) is 0 Å². The van der Waals surface area contributed by atoms with Gasteiger partial charge in [0, 0.05) is 30.8 Å². The fraction of sp³-hybridized carbons (Fsp3) is 0.0909. The smallest absolute Gasteiger partial charge is 0.259 e. The molecule has 0 aliphatic rings. The Bertz CT molecular complexity index is 1230. The summed E-state index contributed by atoms with van der Waals surface area (Å²) in [4.78, 5) is 34.5. The van der Waals surface area contributed by atoms with Crippen molar-refractivity contribution in [1.82, 2.24) is 19.7 Å². The van der Waals surface area contributed by atoms with Gasteiger partial charge in [-0.05, 0) is 36.4 Å². The topological polar surface area (TPSA) is 79.6 Å². The van der Waals surface area contributed by atoms with Crippen molar-refractivity contribution in [3.05, 3.63) is 84.1 Å². The van der Waals surface area contributed by atoms with Crippen LogP contribution >= 0.6 is 0 Å². The largest absolute Gasteiger partial charge is 0.355 e. The second-order valence-electron chi connectivity index (χ2n) is 6.64. The predicted octanol–water partition coefficient (Wildman–Crippen LogP) is 3.17. The highest BCUT2D eigenvalue weighted by atomic mass is 19.1. The monoisotopic (exact) mass is 403 g/mol. The zero-order valence-corrected chi connectivity index (χ0v) is 16.3. The number of hydrogen-bond acceptors (Lipinski definition) is 4. The molecule has 0 aliphatic heterocycles. The van der Waals surface area contributed by atoms with Crippen molar-refractivity contribution in [2.75, 3.05) is 19.0 Å². The molecule has 0 saturated heterocycles. The van der Waals surface area contributed by atoms with Crippen molar-refractivity contribution < 1.29 is 14.0 Å². The number of nitrogens with zero attached hydrogens (tertiary/aromatic N) is 4. The highest BCUT2D eigenvalue weighted by molar-refractivity contribution is 6.05.